The maximum atomic E-state index is 5.50. The molecule has 1 saturated heterocycles. The molecule has 4 heteroatoms. The molecular weight excluding hydrogens is 190 g/mol. The Morgan fingerprint density at radius 2 is 2.27 bits per heavy atom. The second-order valence-corrected chi connectivity index (χ2v) is 3.92. The molecule has 1 N–H and O–H groups in total. The van der Waals surface area contributed by atoms with Crippen LogP contribution < -0.4 is 5.32 Å². The van der Waals surface area contributed by atoms with Crippen molar-refractivity contribution in [2.75, 3.05) is 13.2 Å². The van der Waals surface area contributed by atoms with Crippen LogP contribution in [0.2, 0.25) is 0 Å². The highest BCUT2D eigenvalue weighted by Crippen LogP contribution is 2.19. The molecule has 2 atom stereocenters. The minimum absolute atomic E-state index is 0.384. The van der Waals surface area contributed by atoms with E-state index in [-0.39, 0.29) is 0 Å². The minimum atomic E-state index is 0.384. The van der Waals surface area contributed by atoms with Crippen LogP contribution in [0.5, 0.6) is 0 Å². The molecule has 0 saturated carbocycles. The van der Waals surface area contributed by atoms with Crippen molar-refractivity contribution in [3.05, 3.63) is 24.3 Å². The summed E-state index contributed by atoms with van der Waals surface area (Å²) >= 11 is 0. The Morgan fingerprint density at radius 3 is 2.93 bits per heavy atom. The molecule has 15 heavy (non-hydrogen) atoms. The van der Waals surface area contributed by atoms with E-state index < -0.39 is 0 Å². The van der Waals surface area contributed by atoms with Gasteiger partial charge in [-0.15, -0.1) is 0 Å². The summed E-state index contributed by atoms with van der Waals surface area (Å²) in [5, 5.41) is 3.37. The average molecular weight is 207 g/mol. The van der Waals surface area contributed by atoms with Crippen LogP contribution in [-0.4, -0.2) is 29.2 Å². The van der Waals surface area contributed by atoms with E-state index in [1.165, 1.54) is 0 Å². The summed E-state index contributed by atoms with van der Waals surface area (Å²) in [4.78, 5) is 8.31. The molecule has 2 heterocycles. The molecule has 1 aromatic heterocycles. The second kappa shape index (κ2) is 5.19. The molecule has 1 aromatic rings. The molecule has 1 aliphatic rings. The number of nitrogens with one attached hydrogen (secondary N) is 1. The number of nitrogens with zero attached hydrogens (tertiary/aromatic N) is 2. The van der Waals surface area contributed by atoms with Crippen molar-refractivity contribution in [3.63, 3.8) is 0 Å². The Hall–Kier alpha value is -1.00. The van der Waals surface area contributed by atoms with Crippen LogP contribution in [0, 0.1) is 5.92 Å². The van der Waals surface area contributed by atoms with Crippen molar-refractivity contribution in [1.82, 2.24) is 15.3 Å². The van der Waals surface area contributed by atoms with Crippen molar-refractivity contribution in [1.29, 1.82) is 0 Å². The van der Waals surface area contributed by atoms with Crippen LogP contribution in [-0.2, 0) is 11.3 Å². The number of ether oxygens (including phenoxy) is 1. The van der Waals surface area contributed by atoms with Crippen molar-refractivity contribution < 1.29 is 4.74 Å². The molecule has 0 aromatic carbocycles. The lowest BCUT2D eigenvalue weighted by molar-refractivity contribution is 0.105. The molecular formula is C11H17N3O. The van der Waals surface area contributed by atoms with Gasteiger partial charge in [0.15, 0.2) is 0 Å². The molecule has 0 bridgehead atoms. The van der Waals surface area contributed by atoms with E-state index >= 15 is 0 Å². The quantitative estimate of drug-likeness (QED) is 0.800. The predicted molar refractivity (Wildman–Crippen MR) is 57.3 cm³/mol. The summed E-state index contributed by atoms with van der Waals surface area (Å²) in [5.41, 5.74) is 0. The predicted octanol–water partition coefficient (Wildman–Crippen LogP) is 0.991. The first-order valence-corrected chi connectivity index (χ1v) is 5.44. The first kappa shape index (κ1) is 10.5. The van der Waals surface area contributed by atoms with Crippen molar-refractivity contribution >= 4 is 0 Å². The van der Waals surface area contributed by atoms with Crippen molar-refractivity contribution in [2.45, 2.75) is 26.0 Å². The van der Waals surface area contributed by atoms with Gasteiger partial charge in [0.2, 0.25) is 0 Å². The van der Waals surface area contributed by atoms with E-state index in [0.29, 0.717) is 12.0 Å². The van der Waals surface area contributed by atoms with E-state index in [9.17, 15) is 0 Å². The third-order valence-electron chi connectivity index (χ3n) is 2.84. The molecule has 0 radical (unpaired) electrons. The lowest BCUT2D eigenvalue weighted by Crippen LogP contribution is -2.27. The first-order valence-electron chi connectivity index (χ1n) is 5.44. The average Bonchev–Trinajstić information content (AvgIpc) is 2.66. The lowest BCUT2D eigenvalue weighted by Gasteiger charge is -2.14. The van der Waals surface area contributed by atoms with Crippen molar-refractivity contribution in [3.8, 4) is 0 Å². The number of hydrogen-bond donors (Lipinski definition) is 1. The van der Waals surface area contributed by atoms with E-state index in [1.54, 1.807) is 12.4 Å². The molecule has 0 spiro atoms. The molecule has 0 amide bonds. The van der Waals surface area contributed by atoms with Crippen molar-refractivity contribution in [2.24, 2.45) is 5.92 Å². The Kier molecular flexibility index (Phi) is 3.64. The Bertz CT molecular complexity index is 291. The van der Waals surface area contributed by atoms with Crippen LogP contribution in [0.3, 0.4) is 0 Å². The van der Waals surface area contributed by atoms with Crippen LogP contribution in [0.1, 0.15) is 19.2 Å². The fraction of sp³-hybridized carbons (Fsp3) is 0.636. The molecule has 2 rings (SSSR count). The van der Waals surface area contributed by atoms with E-state index in [4.69, 9.17) is 4.74 Å². The first-order chi connectivity index (χ1) is 7.36. The van der Waals surface area contributed by atoms with Gasteiger partial charge in [-0.2, -0.15) is 0 Å². The Labute approximate surface area is 90.1 Å². The minimum Gasteiger partial charge on any atom is -0.378 e. The molecule has 1 fully saturated rings. The van der Waals surface area contributed by atoms with Gasteiger partial charge in [-0.05, 0) is 25.3 Å². The monoisotopic (exact) mass is 207 g/mol. The molecule has 2 unspecified atom stereocenters. The number of aromatic nitrogens is 2. The Morgan fingerprint density at radius 1 is 1.47 bits per heavy atom. The molecule has 82 valence electrons. The summed E-state index contributed by atoms with van der Waals surface area (Å²) < 4.78 is 5.50. The highest BCUT2D eigenvalue weighted by atomic mass is 16.5. The van der Waals surface area contributed by atoms with E-state index in [2.05, 4.69) is 22.2 Å². The van der Waals surface area contributed by atoms with Gasteiger partial charge in [-0.3, -0.25) is 0 Å². The summed E-state index contributed by atoms with van der Waals surface area (Å²) in [6.07, 6.45) is 5.08. The van der Waals surface area contributed by atoms with Crippen LogP contribution in [0.15, 0.2) is 18.5 Å². The second-order valence-electron chi connectivity index (χ2n) is 3.92. The highest BCUT2D eigenvalue weighted by molar-refractivity contribution is 4.88. The van der Waals surface area contributed by atoms with Gasteiger partial charge in [0.25, 0.3) is 0 Å². The zero-order valence-corrected chi connectivity index (χ0v) is 9.02. The SMILES string of the molecule is CC1OCCC1CNCc1ncccn1. The largest absolute Gasteiger partial charge is 0.378 e. The lowest BCUT2D eigenvalue weighted by atomic mass is 10.0. The van der Waals surface area contributed by atoms with Gasteiger partial charge in [-0.1, -0.05) is 0 Å². The molecule has 0 aliphatic carbocycles. The van der Waals surface area contributed by atoms with Gasteiger partial charge in [0, 0.05) is 25.5 Å². The van der Waals surface area contributed by atoms with Gasteiger partial charge < -0.3 is 10.1 Å². The standard InChI is InChI=1S/C11H17N3O/c1-9-10(3-6-15-9)7-12-8-11-13-4-2-5-14-11/h2,4-5,9-10,12H,3,6-8H2,1H3. The van der Waals surface area contributed by atoms with Gasteiger partial charge in [0.05, 0.1) is 12.6 Å². The maximum Gasteiger partial charge on any atom is 0.141 e. The van der Waals surface area contributed by atoms with Crippen LogP contribution >= 0.6 is 0 Å². The smallest absolute Gasteiger partial charge is 0.141 e. The fourth-order valence-electron chi connectivity index (χ4n) is 1.83. The number of hydrogen-bond acceptors (Lipinski definition) is 4. The molecule has 4 nitrogen and oxygen atoms in total. The topological polar surface area (TPSA) is 47.0 Å². The summed E-state index contributed by atoms with van der Waals surface area (Å²) in [5.74, 6) is 1.48. The fourth-order valence-corrected chi connectivity index (χ4v) is 1.83. The van der Waals surface area contributed by atoms with Gasteiger partial charge >= 0.3 is 0 Å². The van der Waals surface area contributed by atoms with E-state index in [0.717, 1.165) is 31.9 Å². The zero-order valence-electron chi connectivity index (χ0n) is 9.02. The Balaban J connectivity index is 1.71. The summed E-state index contributed by atoms with van der Waals surface area (Å²) in [7, 11) is 0. The van der Waals surface area contributed by atoms with Crippen LogP contribution in [0.4, 0.5) is 0 Å². The third-order valence-corrected chi connectivity index (χ3v) is 2.84. The number of rotatable bonds is 4. The maximum absolute atomic E-state index is 5.50. The summed E-state index contributed by atoms with van der Waals surface area (Å²) in [6.45, 7) is 4.76. The normalized spacial score (nSPS) is 25.7. The zero-order chi connectivity index (χ0) is 10.5. The van der Waals surface area contributed by atoms with Crippen LogP contribution in [0.25, 0.3) is 0 Å². The molecule has 1 aliphatic heterocycles. The summed E-state index contributed by atoms with van der Waals surface area (Å²) in [6, 6.07) is 1.83. The van der Waals surface area contributed by atoms with E-state index in [1.807, 2.05) is 6.07 Å². The van der Waals surface area contributed by atoms with Gasteiger partial charge in [0.1, 0.15) is 5.82 Å². The third kappa shape index (κ3) is 2.97. The highest BCUT2D eigenvalue weighted by Gasteiger charge is 2.23. The van der Waals surface area contributed by atoms with Gasteiger partial charge in [-0.25, -0.2) is 9.97 Å².